The Kier molecular flexibility index (Phi) is 4.31. The molecule has 0 radical (unpaired) electrons. The second kappa shape index (κ2) is 6.37. The fourth-order valence-electron chi connectivity index (χ4n) is 2.13. The van der Waals surface area contributed by atoms with Crippen molar-refractivity contribution in [2.24, 2.45) is 0 Å². The van der Waals surface area contributed by atoms with E-state index in [4.69, 9.17) is 9.47 Å². The Morgan fingerprint density at radius 3 is 2.81 bits per heavy atom. The number of rotatable bonds is 3. The number of ether oxygens (including phenoxy) is 2. The summed E-state index contributed by atoms with van der Waals surface area (Å²) < 4.78 is 11.3. The van der Waals surface area contributed by atoms with Gasteiger partial charge in [-0.2, -0.15) is 0 Å². The number of benzene rings is 1. The first-order valence-corrected chi connectivity index (χ1v) is 7.76. The summed E-state index contributed by atoms with van der Waals surface area (Å²) in [6.45, 7) is 3.10. The zero-order valence-electron chi connectivity index (χ0n) is 11.8. The maximum Gasteiger partial charge on any atom is 0.162 e. The molecule has 5 heteroatoms. The normalized spacial score (nSPS) is 15.3. The van der Waals surface area contributed by atoms with Crippen LogP contribution >= 0.6 is 11.8 Å². The molecule has 3 rings (SSSR count). The van der Waals surface area contributed by atoms with Gasteiger partial charge in [0.1, 0.15) is 5.03 Å². The molecule has 0 bridgehead atoms. The Hall–Kier alpha value is -1.72. The van der Waals surface area contributed by atoms with Gasteiger partial charge in [0, 0.05) is 23.1 Å². The first-order chi connectivity index (χ1) is 10.2. The summed E-state index contributed by atoms with van der Waals surface area (Å²) in [5.74, 6) is 1.56. The average Bonchev–Trinajstić information content (AvgIpc) is 2.72. The maximum absolute atomic E-state index is 9.81. The van der Waals surface area contributed by atoms with Crippen LogP contribution in [0.4, 0.5) is 0 Å². The summed E-state index contributed by atoms with van der Waals surface area (Å²) in [4.78, 5) is 5.37. The first-order valence-electron chi connectivity index (χ1n) is 6.94. The van der Waals surface area contributed by atoms with Crippen molar-refractivity contribution in [2.75, 3.05) is 13.2 Å². The average molecular weight is 303 g/mol. The van der Waals surface area contributed by atoms with Gasteiger partial charge in [0.2, 0.25) is 0 Å². The number of pyridine rings is 1. The van der Waals surface area contributed by atoms with E-state index in [1.807, 2.05) is 30.3 Å². The van der Waals surface area contributed by atoms with Gasteiger partial charge in [-0.15, -0.1) is 0 Å². The van der Waals surface area contributed by atoms with Crippen molar-refractivity contribution in [3.8, 4) is 11.5 Å². The number of aliphatic hydroxyl groups excluding tert-OH is 1. The highest BCUT2D eigenvalue weighted by Crippen LogP contribution is 2.37. The Morgan fingerprint density at radius 1 is 1.19 bits per heavy atom. The summed E-state index contributed by atoms with van der Waals surface area (Å²) in [5.41, 5.74) is 0.828. The van der Waals surface area contributed by atoms with Crippen molar-refractivity contribution in [3.05, 3.63) is 42.1 Å². The number of nitrogens with zero attached hydrogens (tertiary/aromatic N) is 1. The van der Waals surface area contributed by atoms with Crippen LogP contribution in [0.1, 0.15) is 25.0 Å². The molecule has 0 saturated carbocycles. The maximum atomic E-state index is 9.81. The Labute approximate surface area is 128 Å². The van der Waals surface area contributed by atoms with Crippen LogP contribution in [0.25, 0.3) is 0 Å². The summed E-state index contributed by atoms with van der Waals surface area (Å²) in [6.07, 6.45) is 2.09. The lowest BCUT2D eigenvalue weighted by atomic mass is 10.2. The van der Waals surface area contributed by atoms with Crippen LogP contribution in [0.2, 0.25) is 0 Å². The van der Waals surface area contributed by atoms with Crippen LogP contribution in [-0.4, -0.2) is 23.3 Å². The van der Waals surface area contributed by atoms with Crippen LogP contribution in [0.5, 0.6) is 11.5 Å². The molecule has 1 atom stereocenters. The third-order valence-corrected chi connectivity index (χ3v) is 4.21. The molecular formula is C16H17NO3S. The quantitative estimate of drug-likeness (QED) is 0.941. The van der Waals surface area contributed by atoms with E-state index in [9.17, 15) is 5.11 Å². The summed E-state index contributed by atoms with van der Waals surface area (Å²) in [5, 5.41) is 10.6. The van der Waals surface area contributed by atoms with Gasteiger partial charge in [0.15, 0.2) is 11.5 Å². The highest BCUT2D eigenvalue weighted by Gasteiger charge is 2.14. The smallest absolute Gasteiger partial charge is 0.162 e. The third kappa shape index (κ3) is 3.31. The SMILES string of the molecule is CC(O)c1cccnc1Sc1ccc2c(c1)OCCCO2. The Balaban J connectivity index is 1.87. The Bertz CT molecular complexity index is 631. The van der Waals surface area contributed by atoms with Crippen molar-refractivity contribution in [2.45, 2.75) is 29.4 Å². The second-order valence-electron chi connectivity index (χ2n) is 4.83. The number of hydrogen-bond acceptors (Lipinski definition) is 5. The molecule has 4 nitrogen and oxygen atoms in total. The molecule has 1 N–H and O–H groups in total. The summed E-state index contributed by atoms with van der Waals surface area (Å²) in [7, 11) is 0. The molecule has 1 aromatic heterocycles. The standard InChI is InChI=1S/C16H17NO3S/c1-11(18)13-4-2-7-17-16(13)21-12-5-6-14-15(10-12)20-9-3-8-19-14/h2,4-7,10-11,18H,3,8-9H2,1H3. The number of aliphatic hydroxyl groups is 1. The van der Waals surface area contributed by atoms with Crippen LogP contribution in [0.3, 0.4) is 0 Å². The molecule has 0 fully saturated rings. The van der Waals surface area contributed by atoms with E-state index in [2.05, 4.69) is 4.98 Å². The molecule has 0 aliphatic carbocycles. The lowest BCUT2D eigenvalue weighted by Gasteiger charge is -2.12. The van der Waals surface area contributed by atoms with E-state index < -0.39 is 6.10 Å². The molecule has 0 amide bonds. The lowest BCUT2D eigenvalue weighted by molar-refractivity contribution is 0.195. The van der Waals surface area contributed by atoms with Crippen molar-refractivity contribution in [3.63, 3.8) is 0 Å². The molecule has 2 aromatic rings. The van der Waals surface area contributed by atoms with Gasteiger partial charge in [-0.25, -0.2) is 4.98 Å². The topological polar surface area (TPSA) is 51.6 Å². The number of fused-ring (bicyclic) bond motifs is 1. The molecule has 21 heavy (non-hydrogen) atoms. The fourth-order valence-corrected chi connectivity index (χ4v) is 3.12. The van der Waals surface area contributed by atoms with Gasteiger partial charge < -0.3 is 14.6 Å². The second-order valence-corrected chi connectivity index (χ2v) is 5.90. The predicted molar refractivity (Wildman–Crippen MR) is 81.0 cm³/mol. The largest absolute Gasteiger partial charge is 0.490 e. The lowest BCUT2D eigenvalue weighted by Crippen LogP contribution is -1.97. The highest BCUT2D eigenvalue weighted by atomic mass is 32.2. The van der Waals surface area contributed by atoms with E-state index >= 15 is 0 Å². The summed E-state index contributed by atoms with van der Waals surface area (Å²) >= 11 is 1.52. The fraction of sp³-hybridized carbons (Fsp3) is 0.312. The predicted octanol–water partition coefficient (Wildman–Crippen LogP) is 3.45. The molecule has 2 heterocycles. The Morgan fingerprint density at radius 2 is 2.00 bits per heavy atom. The number of hydrogen-bond donors (Lipinski definition) is 1. The van der Waals surface area contributed by atoms with Gasteiger partial charge in [0.05, 0.1) is 19.3 Å². The van der Waals surface area contributed by atoms with Crippen molar-refractivity contribution < 1.29 is 14.6 Å². The van der Waals surface area contributed by atoms with Gasteiger partial charge in [-0.3, -0.25) is 0 Å². The molecular weight excluding hydrogens is 286 g/mol. The van der Waals surface area contributed by atoms with Crippen molar-refractivity contribution >= 4 is 11.8 Å². The number of aromatic nitrogens is 1. The van der Waals surface area contributed by atoms with Crippen molar-refractivity contribution in [1.82, 2.24) is 4.98 Å². The van der Waals surface area contributed by atoms with Crippen LogP contribution in [0.15, 0.2) is 46.5 Å². The van der Waals surface area contributed by atoms with Crippen molar-refractivity contribution in [1.29, 1.82) is 0 Å². The van der Waals surface area contributed by atoms with E-state index in [-0.39, 0.29) is 0 Å². The van der Waals surface area contributed by atoms with E-state index in [0.717, 1.165) is 33.4 Å². The minimum Gasteiger partial charge on any atom is -0.490 e. The monoisotopic (exact) mass is 303 g/mol. The van der Waals surface area contributed by atoms with Gasteiger partial charge in [-0.05, 0) is 31.2 Å². The van der Waals surface area contributed by atoms with Gasteiger partial charge >= 0.3 is 0 Å². The molecule has 0 spiro atoms. The van der Waals surface area contributed by atoms with Gasteiger partial charge in [0.25, 0.3) is 0 Å². The minimum atomic E-state index is -0.540. The minimum absolute atomic E-state index is 0.540. The molecule has 0 saturated heterocycles. The zero-order chi connectivity index (χ0) is 14.7. The summed E-state index contributed by atoms with van der Waals surface area (Å²) in [6, 6.07) is 9.60. The van der Waals surface area contributed by atoms with Crippen LogP contribution in [0, 0.1) is 0 Å². The van der Waals surface area contributed by atoms with Crippen LogP contribution in [-0.2, 0) is 0 Å². The molecule has 110 valence electrons. The molecule has 1 aromatic carbocycles. The first kappa shape index (κ1) is 14.2. The molecule has 1 aliphatic rings. The van der Waals surface area contributed by atoms with Gasteiger partial charge in [-0.1, -0.05) is 17.8 Å². The van der Waals surface area contributed by atoms with E-state index in [1.54, 1.807) is 13.1 Å². The zero-order valence-corrected chi connectivity index (χ0v) is 12.6. The highest BCUT2D eigenvalue weighted by molar-refractivity contribution is 7.99. The van der Waals surface area contributed by atoms with E-state index in [0.29, 0.717) is 13.2 Å². The van der Waals surface area contributed by atoms with Crippen LogP contribution < -0.4 is 9.47 Å². The molecule has 1 aliphatic heterocycles. The third-order valence-electron chi connectivity index (χ3n) is 3.18. The van der Waals surface area contributed by atoms with E-state index in [1.165, 1.54) is 11.8 Å². The molecule has 1 unspecified atom stereocenters.